The second-order valence-electron chi connectivity index (χ2n) is 5.45. The molecule has 4 nitrogen and oxygen atoms in total. The molecule has 2 aromatic rings. The van der Waals surface area contributed by atoms with Crippen LogP contribution in [0.5, 0.6) is 0 Å². The number of ketones is 1. The Hall–Kier alpha value is -2.75. The van der Waals surface area contributed by atoms with Crippen molar-refractivity contribution in [1.82, 2.24) is 0 Å². The van der Waals surface area contributed by atoms with Gasteiger partial charge in [0.1, 0.15) is 0 Å². The fourth-order valence-corrected chi connectivity index (χ4v) is 3.00. The molecule has 23 heavy (non-hydrogen) atoms. The number of hydrogen-bond donors (Lipinski definition) is 0. The summed E-state index contributed by atoms with van der Waals surface area (Å²) in [4.78, 5) is 38.9. The molecule has 1 aliphatic heterocycles. The highest BCUT2D eigenvalue weighted by molar-refractivity contribution is 6.56. The number of fused-ring (bicyclic) bond motifs is 1. The molecule has 0 unspecified atom stereocenters. The van der Waals surface area contributed by atoms with Crippen molar-refractivity contribution in [2.75, 3.05) is 4.90 Å². The molecule has 2 amide bonds. The van der Waals surface area contributed by atoms with Crippen molar-refractivity contribution in [2.24, 2.45) is 0 Å². The SMILES string of the molecule is CCc1cccc(CC)c1N1C(=O)C(=O)c2ccccc2C1=O. The van der Waals surface area contributed by atoms with Crippen LogP contribution in [0.1, 0.15) is 45.7 Å². The van der Waals surface area contributed by atoms with Gasteiger partial charge in [-0.3, -0.25) is 14.4 Å². The molecular formula is C19H17NO3. The van der Waals surface area contributed by atoms with Gasteiger partial charge in [-0.2, -0.15) is 0 Å². The molecule has 0 saturated carbocycles. The molecule has 0 bridgehead atoms. The molecule has 0 spiro atoms. The standard InChI is InChI=1S/C19H17NO3/c1-3-12-8-7-9-13(4-2)16(12)20-18(22)15-11-6-5-10-14(15)17(21)19(20)23/h5-11H,3-4H2,1-2H3. The molecule has 0 aliphatic carbocycles. The molecule has 0 N–H and O–H groups in total. The molecule has 3 rings (SSSR count). The number of amides is 2. The smallest absolute Gasteiger partial charge is 0.283 e. The maximum Gasteiger partial charge on any atom is 0.306 e. The number of benzene rings is 2. The number of nitrogens with zero attached hydrogens (tertiary/aromatic N) is 1. The number of aryl methyl sites for hydroxylation is 2. The zero-order valence-corrected chi connectivity index (χ0v) is 13.1. The Balaban J connectivity index is 2.24. The summed E-state index contributed by atoms with van der Waals surface area (Å²) in [6.07, 6.45) is 1.35. The second kappa shape index (κ2) is 5.80. The first-order valence-corrected chi connectivity index (χ1v) is 7.73. The maximum absolute atomic E-state index is 12.9. The van der Waals surface area contributed by atoms with Crippen LogP contribution in [0.4, 0.5) is 5.69 Å². The van der Waals surface area contributed by atoms with Gasteiger partial charge in [-0.25, -0.2) is 4.90 Å². The lowest BCUT2D eigenvalue weighted by Gasteiger charge is -2.29. The van der Waals surface area contributed by atoms with Crippen molar-refractivity contribution >= 4 is 23.3 Å². The lowest BCUT2D eigenvalue weighted by atomic mass is 9.94. The van der Waals surface area contributed by atoms with Gasteiger partial charge in [0, 0.05) is 5.56 Å². The van der Waals surface area contributed by atoms with Gasteiger partial charge in [-0.15, -0.1) is 0 Å². The Morgan fingerprint density at radius 1 is 0.739 bits per heavy atom. The molecule has 116 valence electrons. The van der Waals surface area contributed by atoms with Crippen molar-refractivity contribution < 1.29 is 14.4 Å². The quantitative estimate of drug-likeness (QED) is 0.646. The highest BCUT2D eigenvalue weighted by Crippen LogP contribution is 2.32. The van der Waals surface area contributed by atoms with Crippen LogP contribution in [0.15, 0.2) is 42.5 Å². The number of carbonyl (C=O) groups excluding carboxylic acids is 3. The van der Waals surface area contributed by atoms with Crippen LogP contribution >= 0.6 is 0 Å². The Morgan fingerprint density at radius 3 is 1.87 bits per heavy atom. The third-order valence-corrected chi connectivity index (χ3v) is 4.19. The van der Waals surface area contributed by atoms with Crippen LogP contribution < -0.4 is 4.90 Å². The summed E-state index contributed by atoms with van der Waals surface area (Å²) in [6, 6.07) is 12.2. The van der Waals surface area contributed by atoms with E-state index in [0.29, 0.717) is 18.5 Å². The van der Waals surface area contributed by atoms with Crippen LogP contribution in [0.2, 0.25) is 0 Å². The van der Waals surface area contributed by atoms with E-state index in [1.165, 1.54) is 6.07 Å². The summed E-state index contributed by atoms with van der Waals surface area (Å²) in [5.74, 6) is -1.83. The van der Waals surface area contributed by atoms with Gasteiger partial charge in [0.25, 0.3) is 11.7 Å². The van der Waals surface area contributed by atoms with E-state index in [-0.39, 0.29) is 11.1 Å². The van der Waals surface area contributed by atoms with Gasteiger partial charge >= 0.3 is 5.91 Å². The summed E-state index contributed by atoms with van der Waals surface area (Å²) in [6.45, 7) is 3.93. The van der Waals surface area contributed by atoms with Crippen LogP contribution in [-0.2, 0) is 17.6 Å². The summed E-state index contributed by atoms with van der Waals surface area (Å²) >= 11 is 0. The number of para-hydroxylation sites is 1. The Bertz CT molecular complexity index is 801. The average Bonchev–Trinajstić information content (AvgIpc) is 2.60. The van der Waals surface area contributed by atoms with E-state index in [4.69, 9.17) is 0 Å². The molecule has 0 fully saturated rings. The highest BCUT2D eigenvalue weighted by atomic mass is 16.2. The summed E-state index contributed by atoms with van der Waals surface area (Å²) < 4.78 is 0. The predicted octanol–water partition coefficient (Wildman–Crippen LogP) is 3.18. The molecule has 1 aliphatic rings. The Labute approximate surface area is 134 Å². The normalized spacial score (nSPS) is 14.2. The molecule has 0 atom stereocenters. The van der Waals surface area contributed by atoms with E-state index >= 15 is 0 Å². The number of imide groups is 1. The van der Waals surface area contributed by atoms with E-state index in [0.717, 1.165) is 16.0 Å². The van der Waals surface area contributed by atoms with Gasteiger partial charge < -0.3 is 0 Å². The van der Waals surface area contributed by atoms with Crippen molar-refractivity contribution in [1.29, 1.82) is 0 Å². The van der Waals surface area contributed by atoms with E-state index in [2.05, 4.69) is 0 Å². The summed E-state index contributed by atoms with van der Waals surface area (Å²) in [5, 5.41) is 0. The van der Waals surface area contributed by atoms with Crippen LogP contribution in [-0.4, -0.2) is 17.6 Å². The molecular weight excluding hydrogens is 290 g/mol. The van der Waals surface area contributed by atoms with Gasteiger partial charge in [0.05, 0.1) is 11.3 Å². The number of anilines is 1. The van der Waals surface area contributed by atoms with Crippen LogP contribution in [0.3, 0.4) is 0 Å². The number of hydrogen-bond acceptors (Lipinski definition) is 3. The second-order valence-corrected chi connectivity index (χ2v) is 5.45. The van der Waals surface area contributed by atoms with Gasteiger partial charge in [0.2, 0.25) is 0 Å². The minimum Gasteiger partial charge on any atom is -0.283 e. The highest BCUT2D eigenvalue weighted by Gasteiger charge is 2.39. The van der Waals surface area contributed by atoms with E-state index in [1.807, 2.05) is 32.0 Å². The van der Waals surface area contributed by atoms with E-state index < -0.39 is 17.6 Å². The fourth-order valence-electron chi connectivity index (χ4n) is 3.00. The lowest BCUT2D eigenvalue weighted by molar-refractivity contribution is -0.114. The predicted molar refractivity (Wildman–Crippen MR) is 87.8 cm³/mol. The molecule has 4 heteroatoms. The van der Waals surface area contributed by atoms with Gasteiger partial charge in [-0.1, -0.05) is 50.2 Å². The van der Waals surface area contributed by atoms with Gasteiger partial charge in [-0.05, 0) is 30.0 Å². The third kappa shape index (κ3) is 2.27. The van der Waals surface area contributed by atoms with Crippen molar-refractivity contribution in [2.45, 2.75) is 26.7 Å². The number of carbonyl (C=O) groups is 3. The minimum absolute atomic E-state index is 0.186. The number of rotatable bonds is 3. The monoisotopic (exact) mass is 307 g/mol. The third-order valence-electron chi connectivity index (χ3n) is 4.19. The molecule has 0 saturated heterocycles. The zero-order chi connectivity index (χ0) is 16.6. The average molecular weight is 307 g/mol. The largest absolute Gasteiger partial charge is 0.306 e. The molecule has 0 radical (unpaired) electrons. The topological polar surface area (TPSA) is 54.5 Å². The fraction of sp³-hybridized carbons (Fsp3) is 0.211. The molecule has 2 aromatic carbocycles. The maximum atomic E-state index is 12.9. The van der Waals surface area contributed by atoms with Gasteiger partial charge in [0.15, 0.2) is 0 Å². The molecule has 0 aromatic heterocycles. The molecule has 1 heterocycles. The zero-order valence-electron chi connectivity index (χ0n) is 13.1. The number of Topliss-reactive ketones (excluding diaryl/α,β-unsaturated/α-hetero) is 1. The first-order valence-electron chi connectivity index (χ1n) is 7.73. The van der Waals surface area contributed by atoms with Crippen LogP contribution in [0, 0.1) is 0 Å². The van der Waals surface area contributed by atoms with E-state index in [9.17, 15) is 14.4 Å². The van der Waals surface area contributed by atoms with Crippen molar-refractivity contribution in [3.8, 4) is 0 Å². The van der Waals surface area contributed by atoms with E-state index in [1.54, 1.807) is 18.2 Å². The van der Waals surface area contributed by atoms with Crippen LogP contribution in [0.25, 0.3) is 0 Å². The minimum atomic E-state index is -0.774. The van der Waals surface area contributed by atoms with Crippen molar-refractivity contribution in [3.05, 3.63) is 64.7 Å². The van der Waals surface area contributed by atoms with Crippen molar-refractivity contribution in [3.63, 3.8) is 0 Å². The Morgan fingerprint density at radius 2 is 1.30 bits per heavy atom. The first-order chi connectivity index (χ1) is 11.1. The Kier molecular flexibility index (Phi) is 3.82. The lowest BCUT2D eigenvalue weighted by Crippen LogP contribution is -2.47. The summed E-state index contributed by atoms with van der Waals surface area (Å²) in [5.41, 5.74) is 2.81. The first kappa shape index (κ1) is 15.2. The summed E-state index contributed by atoms with van der Waals surface area (Å²) in [7, 11) is 0.